The first-order chi connectivity index (χ1) is 7.70. The van der Waals surface area contributed by atoms with Crippen LogP contribution in [0.5, 0.6) is 0 Å². The highest BCUT2D eigenvalue weighted by Gasteiger charge is 2.23. The van der Waals surface area contributed by atoms with Crippen LogP contribution in [0.25, 0.3) is 0 Å². The first kappa shape index (κ1) is 11.4. The summed E-state index contributed by atoms with van der Waals surface area (Å²) in [6.45, 7) is 1.97. The molecule has 0 unspecified atom stereocenters. The molecule has 1 aliphatic rings. The van der Waals surface area contributed by atoms with Gasteiger partial charge in [-0.2, -0.15) is 5.10 Å². The Bertz CT molecular complexity index is 373. The molecule has 0 atom stereocenters. The second-order valence-electron chi connectivity index (χ2n) is 4.82. The molecular formula is C13H20N2O. The van der Waals surface area contributed by atoms with Gasteiger partial charge in [0.15, 0.2) is 5.78 Å². The molecule has 0 N–H and O–H groups in total. The molecule has 0 aromatic carbocycles. The zero-order valence-electron chi connectivity index (χ0n) is 10.2. The van der Waals surface area contributed by atoms with E-state index in [4.69, 9.17) is 0 Å². The van der Waals surface area contributed by atoms with Gasteiger partial charge in [0, 0.05) is 18.7 Å². The number of ketones is 1. The van der Waals surface area contributed by atoms with Crippen molar-refractivity contribution in [2.45, 2.75) is 45.4 Å². The molecule has 0 bridgehead atoms. The largest absolute Gasteiger partial charge is 0.294 e. The number of carbonyl (C=O) groups excluding carboxylic acids is 1. The molecule has 88 valence electrons. The Hall–Kier alpha value is -1.12. The van der Waals surface area contributed by atoms with Crippen molar-refractivity contribution >= 4 is 5.78 Å². The molecular weight excluding hydrogens is 200 g/mol. The molecule has 0 spiro atoms. The molecule has 2 rings (SSSR count). The highest BCUT2D eigenvalue weighted by molar-refractivity contribution is 5.98. The van der Waals surface area contributed by atoms with Crippen molar-refractivity contribution in [2.75, 3.05) is 0 Å². The Morgan fingerprint density at radius 2 is 1.94 bits per heavy atom. The van der Waals surface area contributed by atoms with Crippen molar-refractivity contribution < 1.29 is 4.79 Å². The van der Waals surface area contributed by atoms with E-state index in [1.807, 2.05) is 14.0 Å². The third-order valence-corrected chi connectivity index (χ3v) is 3.73. The van der Waals surface area contributed by atoms with Crippen LogP contribution in [0.1, 0.15) is 54.6 Å². The summed E-state index contributed by atoms with van der Waals surface area (Å²) in [7, 11) is 1.89. The zero-order chi connectivity index (χ0) is 11.5. The van der Waals surface area contributed by atoms with E-state index in [2.05, 4.69) is 5.10 Å². The van der Waals surface area contributed by atoms with Crippen LogP contribution < -0.4 is 0 Å². The van der Waals surface area contributed by atoms with Gasteiger partial charge in [-0.1, -0.05) is 25.7 Å². The molecule has 0 saturated heterocycles. The fourth-order valence-corrected chi connectivity index (χ4v) is 2.50. The quantitative estimate of drug-likeness (QED) is 0.567. The van der Waals surface area contributed by atoms with Crippen molar-refractivity contribution in [1.29, 1.82) is 0 Å². The van der Waals surface area contributed by atoms with E-state index < -0.39 is 0 Å². The fourth-order valence-electron chi connectivity index (χ4n) is 2.50. The van der Waals surface area contributed by atoms with Gasteiger partial charge in [-0.25, -0.2) is 0 Å². The second-order valence-corrected chi connectivity index (χ2v) is 4.82. The number of hydrogen-bond donors (Lipinski definition) is 0. The third kappa shape index (κ3) is 2.18. The summed E-state index contributed by atoms with van der Waals surface area (Å²) in [5.41, 5.74) is 1.82. The van der Waals surface area contributed by atoms with Crippen LogP contribution in [-0.4, -0.2) is 15.6 Å². The molecule has 1 aliphatic carbocycles. The van der Waals surface area contributed by atoms with Crippen molar-refractivity contribution in [3.05, 3.63) is 17.5 Å². The van der Waals surface area contributed by atoms with Gasteiger partial charge in [-0.05, 0) is 19.8 Å². The fraction of sp³-hybridized carbons (Fsp3) is 0.692. The summed E-state index contributed by atoms with van der Waals surface area (Å²) in [4.78, 5) is 12.3. The maximum absolute atomic E-state index is 12.3. The monoisotopic (exact) mass is 220 g/mol. The summed E-state index contributed by atoms with van der Waals surface area (Å²) in [6.07, 6.45) is 8.83. The normalized spacial score (nSPS) is 18.4. The smallest absolute Gasteiger partial charge is 0.169 e. The Balaban J connectivity index is 2.14. The van der Waals surface area contributed by atoms with Crippen LogP contribution in [0.3, 0.4) is 0 Å². The summed E-state index contributed by atoms with van der Waals surface area (Å²) in [6, 6.07) is 0. The van der Waals surface area contributed by atoms with Crippen molar-refractivity contribution in [3.63, 3.8) is 0 Å². The molecule has 16 heavy (non-hydrogen) atoms. The molecule has 1 heterocycles. The number of aromatic nitrogens is 2. The van der Waals surface area contributed by atoms with E-state index in [0.717, 1.165) is 24.1 Å². The van der Waals surface area contributed by atoms with Gasteiger partial charge in [0.1, 0.15) is 0 Å². The minimum absolute atomic E-state index is 0.241. The lowest BCUT2D eigenvalue weighted by Crippen LogP contribution is -2.14. The molecule has 1 fully saturated rings. The maximum Gasteiger partial charge on any atom is 0.169 e. The van der Waals surface area contributed by atoms with Gasteiger partial charge in [-0.3, -0.25) is 9.48 Å². The summed E-state index contributed by atoms with van der Waals surface area (Å²) in [5, 5.41) is 4.15. The van der Waals surface area contributed by atoms with Gasteiger partial charge in [0.05, 0.1) is 11.8 Å². The SMILES string of the molecule is Cc1c(C(=O)C2CCCCCC2)cnn1C. The minimum atomic E-state index is 0.241. The average Bonchev–Trinajstić information content (AvgIpc) is 2.53. The topological polar surface area (TPSA) is 34.9 Å². The van der Waals surface area contributed by atoms with Crippen LogP contribution in [0, 0.1) is 12.8 Å². The van der Waals surface area contributed by atoms with E-state index in [1.54, 1.807) is 10.9 Å². The van der Waals surface area contributed by atoms with E-state index >= 15 is 0 Å². The third-order valence-electron chi connectivity index (χ3n) is 3.73. The molecule has 0 radical (unpaired) electrons. The van der Waals surface area contributed by atoms with Crippen molar-refractivity contribution in [3.8, 4) is 0 Å². The molecule has 3 heteroatoms. The van der Waals surface area contributed by atoms with Gasteiger partial charge in [0.25, 0.3) is 0 Å². The summed E-state index contributed by atoms with van der Waals surface area (Å²) >= 11 is 0. The molecule has 1 aromatic heterocycles. The predicted octanol–water partition coefficient (Wildman–Crippen LogP) is 2.88. The van der Waals surface area contributed by atoms with Gasteiger partial charge >= 0.3 is 0 Å². The predicted molar refractivity (Wildman–Crippen MR) is 63.5 cm³/mol. The Kier molecular flexibility index (Phi) is 3.42. The van der Waals surface area contributed by atoms with Crippen LogP contribution in [0.2, 0.25) is 0 Å². The lowest BCUT2D eigenvalue weighted by molar-refractivity contribution is 0.0907. The number of Topliss-reactive ketones (excluding diaryl/α,β-unsaturated/α-hetero) is 1. The van der Waals surface area contributed by atoms with E-state index in [9.17, 15) is 4.79 Å². The zero-order valence-corrected chi connectivity index (χ0v) is 10.2. The van der Waals surface area contributed by atoms with Crippen LogP contribution in [-0.2, 0) is 7.05 Å². The van der Waals surface area contributed by atoms with E-state index in [-0.39, 0.29) is 5.92 Å². The minimum Gasteiger partial charge on any atom is -0.294 e. The summed E-state index contributed by atoms with van der Waals surface area (Å²) < 4.78 is 1.78. The molecule has 1 aromatic rings. The van der Waals surface area contributed by atoms with E-state index in [1.165, 1.54) is 25.7 Å². The number of hydrogen-bond acceptors (Lipinski definition) is 2. The number of nitrogens with zero attached hydrogens (tertiary/aromatic N) is 2. The van der Waals surface area contributed by atoms with Crippen molar-refractivity contribution in [2.24, 2.45) is 13.0 Å². The van der Waals surface area contributed by atoms with Gasteiger partial charge in [-0.15, -0.1) is 0 Å². The Morgan fingerprint density at radius 3 is 2.44 bits per heavy atom. The number of carbonyl (C=O) groups is 1. The van der Waals surface area contributed by atoms with E-state index in [0.29, 0.717) is 5.78 Å². The second kappa shape index (κ2) is 4.81. The van der Waals surface area contributed by atoms with Gasteiger partial charge in [0.2, 0.25) is 0 Å². The maximum atomic E-state index is 12.3. The highest BCUT2D eigenvalue weighted by atomic mass is 16.1. The molecule has 0 aliphatic heterocycles. The number of rotatable bonds is 2. The first-order valence-electron chi connectivity index (χ1n) is 6.23. The summed E-state index contributed by atoms with van der Waals surface area (Å²) in [5.74, 6) is 0.554. The van der Waals surface area contributed by atoms with Crippen LogP contribution >= 0.6 is 0 Å². The highest BCUT2D eigenvalue weighted by Crippen LogP contribution is 2.26. The lowest BCUT2D eigenvalue weighted by Gasteiger charge is -2.11. The van der Waals surface area contributed by atoms with Crippen LogP contribution in [0.4, 0.5) is 0 Å². The molecule has 0 amide bonds. The van der Waals surface area contributed by atoms with Crippen molar-refractivity contribution in [1.82, 2.24) is 9.78 Å². The Morgan fingerprint density at radius 1 is 1.31 bits per heavy atom. The van der Waals surface area contributed by atoms with Crippen LogP contribution in [0.15, 0.2) is 6.20 Å². The Labute approximate surface area is 96.8 Å². The molecule has 1 saturated carbocycles. The van der Waals surface area contributed by atoms with Gasteiger partial charge < -0.3 is 0 Å². The number of aryl methyl sites for hydroxylation is 1. The molecule has 3 nitrogen and oxygen atoms in total. The standard InChI is InChI=1S/C13H20N2O/c1-10-12(9-14-15(10)2)13(16)11-7-5-3-4-6-8-11/h9,11H,3-8H2,1-2H3. The lowest BCUT2D eigenvalue weighted by atomic mass is 9.91. The first-order valence-corrected chi connectivity index (χ1v) is 6.23. The average molecular weight is 220 g/mol.